The molecule has 1 amide bonds. The Bertz CT molecular complexity index is 248. The van der Waals surface area contributed by atoms with E-state index >= 15 is 0 Å². The van der Waals surface area contributed by atoms with Crippen molar-refractivity contribution < 1.29 is 13.6 Å². The van der Waals surface area contributed by atoms with Crippen LogP contribution >= 0.6 is 0 Å². The van der Waals surface area contributed by atoms with Gasteiger partial charge < -0.3 is 10.2 Å². The molecule has 1 aliphatic heterocycles. The van der Waals surface area contributed by atoms with Gasteiger partial charge in [-0.3, -0.25) is 4.79 Å². The zero-order valence-electron chi connectivity index (χ0n) is 9.29. The van der Waals surface area contributed by atoms with Crippen LogP contribution in [0.3, 0.4) is 0 Å². The normalized spacial score (nSPS) is 22.8. The molecule has 0 radical (unpaired) electrons. The number of nitrogens with one attached hydrogen (secondary N) is 1. The summed E-state index contributed by atoms with van der Waals surface area (Å²) in [5.41, 5.74) is 0. The van der Waals surface area contributed by atoms with Gasteiger partial charge in [0, 0.05) is 19.1 Å². The topological polar surface area (TPSA) is 32.3 Å². The van der Waals surface area contributed by atoms with E-state index in [1.54, 1.807) is 0 Å². The summed E-state index contributed by atoms with van der Waals surface area (Å²) in [5, 5.41) is 3.45. The molecule has 0 aromatic heterocycles. The van der Waals surface area contributed by atoms with E-state index < -0.39 is 12.3 Å². The number of amides is 1. The second kappa shape index (κ2) is 5.08. The molecule has 1 saturated carbocycles. The van der Waals surface area contributed by atoms with Gasteiger partial charge in [0.2, 0.25) is 0 Å². The van der Waals surface area contributed by atoms with E-state index in [1.807, 2.05) is 0 Å². The van der Waals surface area contributed by atoms with Crippen molar-refractivity contribution >= 4 is 5.91 Å². The van der Waals surface area contributed by atoms with Gasteiger partial charge in [-0.05, 0) is 38.1 Å². The molecule has 0 aromatic rings. The van der Waals surface area contributed by atoms with Gasteiger partial charge in [-0.25, -0.2) is 0 Å². The quantitative estimate of drug-likeness (QED) is 0.791. The van der Waals surface area contributed by atoms with Crippen LogP contribution in [0.1, 0.15) is 25.7 Å². The summed E-state index contributed by atoms with van der Waals surface area (Å²) in [7, 11) is 0. The minimum Gasteiger partial charge on any atom is -0.338 e. The van der Waals surface area contributed by atoms with Gasteiger partial charge in [-0.15, -0.1) is 0 Å². The van der Waals surface area contributed by atoms with Gasteiger partial charge in [-0.1, -0.05) is 0 Å². The van der Waals surface area contributed by atoms with Crippen molar-refractivity contribution in [1.82, 2.24) is 10.2 Å². The van der Waals surface area contributed by atoms with Crippen LogP contribution in [0.15, 0.2) is 0 Å². The highest BCUT2D eigenvalue weighted by Gasteiger charge is 2.28. The number of hydrogen-bond donors (Lipinski definition) is 1. The van der Waals surface area contributed by atoms with Gasteiger partial charge in [0.05, 0.1) is 0 Å². The highest BCUT2D eigenvalue weighted by atomic mass is 19.3. The maximum absolute atomic E-state index is 12.2. The first-order chi connectivity index (χ1) is 7.66. The Morgan fingerprint density at radius 3 is 2.38 bits per heavy atom. The fourth-order valence-corrected chi connectivity index (χ4v) is 2.10. The lowest BCUT2D eigenvalue weighted by molar-refractivity contribution is -0.143. The van der Waals surface area contributed by atoms with Gasteiger partial charge in [0.25, 0.3) is 5.91 Å². The van der Waals surface area contributed by atoms with Crippen molar-refractivity contribution in [3.63, 3.8) is 0 Å². The molecule has 92 valence electrons. The number of halogens is 2. The Kier molecular flexibility index (Phi) is 3.74. The SMILES string of the molecule is O=C(C(F)F)N1CCC(NCC2CC2)CC1. The molecule has 5 heteroatoms. The van der Waals surface area contributed by atoms with Crippen LogP contribution in [0.4, 0.5) is 8.78 Å². The number of carbonyl (C=O) groups excluding carboxylic acids is 1. The Morgan fingerprint density at radius 1 is 1.25 bits per heavy atom. The van der Waals surface area contributed by atoms with Crippen LogP contribution in [-0.4, -0.2) is 42.9 Å². The van der Waals surface area contributed by atoms with E-state index in [0.717, 1.165) is 25.3 Å². The predicted octanol–water partition coefficient (Wildman–Crippen LogP) is 1.24. The second-order valence-corrected chi connectivity index (χ2v) is 4.75. The number of rotatable bonds is 4. The summed E-state index contributed by atoms with van der Waals surface area (Å²) in [4.78, 5) is 12.3. The summed E-state index contributed by atoms with van der Waals surface area (Å²) in [6.07, 6.45) is 1.37. The molecule has 1 N–H and O–H groups in total. The molecule has 0 spiro atoms. The molecule has 2 fully saturated rings. The molecular weight excluding hydrogens is 214 g/mol. The first-order valence-electron chi connectivity index (χ1n) is 5.97. The minimum absolute atomic E-state index is 0.405. The first kappa shape index (κ1) is 11.8. The highest BCUT2D eigenvalue weighted by Crippen LogP contribution is 2.28. The third-order valence-electron chi connectivity index (χ3n) is 3.39. The average molecular weight is 232 g/mol. The molecule has 0 atom stereocenters. The Hall–Kier alpha value is -0.710. The number of hydrogen-bond acceptors (Lipinski definition) is 2. The first-order valence-corrected chi connectivity index (χ1v) is 5.97. The van der Waals surface area contributed by atoms with E-state index in [1.165, 1.54) is 17.7 Å². The van der Waals surface area contributed by atoms with Crippen LogP contribution in [0.25, 0.3) is 0 Å². The molecule has 1 aliphatic carbocycles. The van der Waals surface area contributed by atoms with Gasteiger partial charge in [0.1, 0.15) is 0 Å². The summed E-state index contributed by atoms with van der Waals surface area (Å²) >= 11 is 0. The van der Waals surface area contributed by atoms with Crippen molar-refractivity contribution in [3.05, 3.63) is 0 Å². The van der Waals surface area contributed by atoms with Gasteiger partial charge in [0.15, 0.2) is 0 Å². The summed E-state index contributed by atoms with van der Waals surface area (Å²) < 4.78 is 24.3. The standard InChI is InChI=1S/C11H18F2N2O/c12-10(13)11(16)15-5-3-9(4-6-15)14-7-8-1-2-8/h8-10,14H,1-7H2. The predicted molar refractivity (Wildman–Crippen MR) is 56.3 cm³/mol. The molecule has 1 saturated heterocycles. The number of nitrogens with zero attached hydrogens (tertiary/aromatic N) is 1. The van der Waals surface area contributed by atoms with Crippen molar-refractivity contribution in [2.24, 2.45) is 5.92 Å². The van der Waals surface area contributed by atoms with E-state index in [4.69, 9.17) is 0 Å². The lowest BCUT2D eigenvalue weighted by Crippen LogP contribution is -2.47. The third-order valence-corrected chi connectivity index (χ3v) is 3.39. The second-order valence-electron chi connectivity index (χ2n) is 4.75. The lowest BCUT2D eigenvalue weighted by Gasteiger charge is -2.32. The molecular formula is C11H18F2N2O. The van der Waals surface area contributed by atoms with Gasteiger partial charge >= 0.3 is 6.43 Å². The average Bonchev–Trinajstić information content (AvgIpc) is 3.10. The Labute approximate surface area is 94.2 Å². The zero-order chi connectivity index (χ0) is 11.5. The Balaban J connectivity index is 1.67. The van der Waals surface area contributed by atoms with Crippen molar-refractivity contribution in [1.29, 1.82) is 0 Å². The van der Waals surface area contributed by atoms with Crippen LogP contribution < -0.4 is 5.32 Å². The minimum atomic E-state index is -2.85. The smallest absolute Gasteiger partial charge is 0.315 e. The fourth-order valence-electron chi connectivity index (χ4n) is 2.10. The van der Waals surface area contributed by atoms with E-state index in [9.17, 15) is 13.6 Å². The number of piperidine rings is 1. The molecule has 1 heterocycles. The van der Waals surface area contributed by atoms with Crippen LogP contribution in [0, 0.1) is 5.92 Å². The molecule has 16 heavy (non-hydrogen) atoms. The van der Waals surface area contributed by atoms with E-state index in [0.29, 0.717) is 19.1 Å². The van der Waals surface area contributed by atoms with Gasteiger partial charge in [-0.2, -0.15) is 8.78 Å². The third kappa shape index (κ3) is 3.14. The molecule has 2 rings (SSSR count). The number of alkyl halides is 2. The van der Waals surface area contributed by atoms with Crippen molar-refractivity contribution in [3.8, 4) is 0 Å². The number of carbonyl (C=O) groups is 1. The number of likely N-dealkylation sites (tertiary alicyclic amines) is 1. The highest BCUT2D eigenvalue weighted by molar-refractivity contribution is 5.79. The zero-order valence-corrected chi connectivity index (χ0v) is 9.29. The summed E-state index contributed by atoms with van der Waals surface area (Å²) in [5.74, 6) is -0.179. The molecule has 0 aromatic carbocycles. The van der Waals surface area contributed by atoms with E-state index in [-0.39, 0.29) is 0 Å². The van der Waals surface area contributed by atoms with Crippen molar-refractivity contribution in [2.75, 3.05) is 19.6 Å². The van der Waals surface area contributed by atoms with Crippen molar-refractivity contribution in [2.45, 2.75) is 38.2 Å². The molecule has 0 unspecified atom stereocenters. The van der Waals surface area contributed by atoms with Crippen LogP contribution in [-0.2, 0) is 4.79 Å². The maximum atomic E-state index is 12.2. The lowest BCUT2D eigenvalue weighted by atomic mass is 10.0. The fraction of sp³-hybridized carbons (Fsp3) is 0.909. The monoisotopic (exact) mass is 232 g/mol. The van der Waals surface area contributed by atoms with E-state index in [2.05, 4.69) is 5.32 Å². The summed E-state index contributed by atoms with van der Waals surface area (Å²) in [6.45, 7) is 1.98. The molecule has 2 aliphatic rings. The molecule has 3 nitrogen and oxygen atoms in total. The maximum Gasteiger partial charge on any atom is 0.315 e. The molecule has 0 bridgehead atoms. The van der Waals surface area contributed by atoms with Crippen LogP contribution in [0.5, 0.6) is 0 Å². The van der Waals surface area contributed by atoms with Crippen LogP contribution in [0.2, 0.25) is 0 Å². The summed E-state index contributed by atoms with van der Waals surface area (Å²) in [6, 6.07) is 0.405. The Morgan fingerprint density at radius 2 is 1.88 bits per heavy atom. The largest absolute Gasteiger partial charge is 0.338 e.